The monoisotopic (exact) mass is 331 g/mol. The van der Waals surface area contributed by atoms with Crippen molar-refractivity contribution in [2.75, 3.05) is 57.3 Å². The lowest BCUT2D eigenvalue weighted by Crippen LogP contribution is -2.47. The zero-order valence-corrected chi connectivity index (χ0v) is 14.5. The molecule has 0 radical (unpaired) electrons. The van der Waals surface area contributed by atoms with Gasteiger partial charge in [0.05, 0.1) is 0 Å². The highest BCUT2D eigenvalue weighted by Gasteiger charge is 2.18. The molecule has 2 saturated heterocycles. The number of nitrogens with zero attached hydrogens (tertiary/aromatic N) is 6. The summed E-state index contributed by atoms with van der Waals surface area (Å²) in [6.07, 6.45) is 8.48. The smallest absolute Gasteiger partial charge is 0.225 e. The molecule has 132 valence electrons. The number of piperazine rings is 1. The van der Waals surface area contributed by atoms with Crippen molar-refractivity contribution in [3.8, 4) is 0 Å². The van der Waals surface area contributed by atoms with Crippen LogP contribution in [0.4, 0.5) is 5.95 Å². The van der Waals surface area contributed by atoms with Crippen molar-refractivity contribution in [1.82, 2.24) is 19.8 Å². The van der Waals surface area contributed by atoms with Crippen molar-refractivity contribution < 1.29 is 0 Å². The van der Waals surface area contributed by atoms with E-state index in [1.807, 2.05) is 6.07 Å². The molecule has 7 nitrogen and oxygen atoms in total. The number of aromatic nitrogens is 2. The Morgan fingerprint density at radius 3 is 2.42 bits per heavy atom. The molecule has 0 atom stereocenters. The maximum atomic E-state index is 6.09. The van der Waals surface area contributed by atoms with Gasteiger partial charge in [0, 0.05) is 64.8 Å². The van der Waals surface area contributed by atoms with Gasteiger partial charge in [-0.05, 0) is 31.7 Å². The van der Waals surface area contributed by atoms with Crippen LogP contribution in [-0.4, -0.2) is 78.1 Å². The van der Waals surface area contributed by atoms with Crippen LogP contribution in [0, 0.1) is 0 Å². The summed E-state index contributed by atoms with van der Waals surface area (Å²) in [5.74, 6) is 1.58. The molecule has 2 N–H and O–H groups in total. The molecule has 3 rings (SSSR count). The maximum absolute atomic E-state index is 6.09. The molecular formula is C17H29N7. The largest absolute Gasteiger partial charge is 0.370 e. The van der Waals surface area contributed by atoms with E-state index >= 15 is 0 Å². The van der Waals surface area contributed by atoms with Gasteiger partial charge in [0.2, 0.25) is 5.95 Å². The number of rotatable bonds is 5. The molecule has 2 aliphatic rings. The Kier molecular flexibility index (Phi) is 6.23. The molecule has 0 aromatic carbocycles. The lowest BCUT2D eigenvalue weighted by atomic mass is 10.1. The van der Waals surface area contributed by atoms with E-state index in [-0.39, 0.29) is 0 Å². The second kappa shape index (κ2) is 8.82. The van der Waals surface area contributed by atoms with E-state index in [1.54, 1.807) is 12.4 Å². The molecule has 0 aliphatic carbocycles. The lowest BCUT2D eigenvalue weighted by molar-refractivity contribution is 0.255. The van der Waals surface area contributed by atoms with Gasteiger partial charge in [-0.3, -0.25) is 9.89 Å². The van der Waals surface area contributed by atoms with E-state index in [4.69, 9.17) is 5.73 Å². The Morgan fingerprint density at radius 2 is 1.71 bits per heavy atom. The van der Waals surface area contributed by atoms with E-state index in [9.17, 15) is 0 Å². The van der Waals surface area contributed by atoms with Gasteiger partial charge in [0.1, 0.15) is 0 Å². The zero-order chi connectivity index (χ0) is 16.6. The lowest BCUT2D eigenvalue weighted by Gasteiger charge is -2.34. The molecule has 24 heavy (non-hydrogen) atoms. The molecule has 0 saturated carbocycles. The van der Waals surface area contributed by atoms with Gasteiger partial charge >= 0.3 is 0 Å². The molecule has 0 spiro atoms. The van der Waals surface area contributed by atoms with Crippen LogP contribution in [0.1, 0.15) is 25.7 Å². The van der Waals surface area contributed by atoms with Crippen molar-refractivity contribution in [2.45, 2.75) is 25.7 Å². The summed E-state index contributed by atoms with van der Waals surface area (Å²) in [6.45, 7) is 8.14. The third kappa shape index (κ3) is 4.80. The average Bonchev–Trinajstić information content (AvgIpc) is 2.67. The predicted molar refractivity (Wildman–Crippen MR) is 97.2 cm³/mol. The fraction of sp³-hybridized carbons (Fsp3) is 0.706. The second-order valence-electron chi connectivity index (χ2n) is 6.52. The number of nitrogens with two attached hydrogens (primary N) is 1. The van der Waals surface area contributed by atoms with E-state index in [0.29, 0.717) is 0 Å². The zero-order valence-electron chi connectivity index (χ0n) is 14.5. The topological polar surface area (TPSA) is 73.9 Å². The summed E-state index contributed by atoms with van der Waals surface area (Å²) in [5.41, 5.74) is 6.09. The Balaban J connectivity index is 1.33. The van der Waals surface area contributed by atoms with Crippen LogP contribution in [0.5, 0.6) is 0 Å². The van der Waals surface area contributed by atoms with Gasteiger partial charge in [-0.2, -0.15) is 0 Å². The Morgan fingerprint density at radius 1 is 1.00 bits per heavy atom. The number of piperidine rings is 1. The minimum absolute atomic E-state index is 0.737. The van der Waals surface area contributed by atoms with Crippen LogP contribution in [0.3, 0.4) is 0 Å². The highest BCUT2D eigenvalue weighted by molar-refractivity contribution is 5.78. The van der Waals surface area contributed by atoms with Gasteiger partial charge in [-0.25, -0.2) is 9.97 Å². The molecule has 1 aromatic rings. The first-order valence-electron chi connectivity index (χ1n) is 9.12. The van der Waals surface area contributed by atoms with Crippen molar-refractivity contribution in [1.29, 1.82) is 0 Å². The number of guanidine groups is 1. The van der Waals surface area contributed by atoms with E-state index < -0.39 is 0 Å². The first-order valence-corrected chi connectivity index (χ1v) is 9.12. The predicted octanol–water partition coefficient (Wildman–Crippen LogP) is 0.789. The van der Waals surface area contributed by atoms with E-state index in [0.717, 1.165) is 70.7 Å². The number of hydrogen-bond acceptors (Lipinski definition) is 5. The second-order valence-corrected chi connectivity index (χ2v) is 6.52. The van der Waals surface area contributed by atoms with Gasteiger partial charge in [-0.1, -0.05) is 0 Å². The fourth-order valence-electron chi connectivity index (χ4n) is 3.34. The molecule has 1 aromatic heterocycles. The van der Waals surface area contributed by atoms with Crippen molar-refractivity contribution in [3.05, 3.63) is 18.5 Å². The Bertz CT molecular complexity index is 505. The molecule has 3 heterocycles. The third-order valence-corrected chi connectivity index (χ3v) is 4.79. The number of aliphatic imine (C=N–C) groups is 1. The fourth-order valence-corrected chi connectivity index (χ4v) is 3.34. The van der Waals surface area contributed by atoms with Crippen LogP contribution >= 0.6 is 0 Å². The molecule has 2 aliphatic heterocycles. The summed E-state index contributed by atoms with van der Waals surface area (Å²) in [4.78, 5) is 20.2. The SMILES string of the molecule is NC(=NCCCN1CCN(c2ncccn2)CC1)N1CCCCC1. The minimum atomic E-state index is 0.737. The van der Waals surface area contributed by atoms with E-state index in [2.05, 4.69) is 29.7 Å². The maximum Gasteiger partial charge on any atom is 0.225 e. The number of hydrogen-bond donors (Lipinski definition) is 1. The molecular weight excluding hydrogens is 302 g/mol. The van der Waals surface area contributed by atoms with Crippen LogP contribution in [0.25, 0.3) is 0 Å². The van der Waals surface area contributed by atoms with Gasteiger partial charge < -0.3 is 15.5 Å². The summed E-state index contributed by atoms with van der Waals surface area (Å²) < 4.78 is 0. The summed E-state index contributed by atoms with van der Waals surface area (Å²) in [7, 11) is 0. The standard InChI is InChI=1S/C17H29N7/c18-16(23-10-2-1-3-11-23)19-8-5-9-22-12-14-24(15-13-22)17-20-6-4-7-21-17/h4,6-7H,1-3,5,8-15H2,(H2,18,19). The first-order chi connectivity index (χ1) is 11.8. The number of anilines is 1. The first kappa shape index (κ1) is 17.0. The molecule has 0 unspecified atom stereocenters. The summed E-state index contributed by atoms with van der Waals surface area (Å²) in [6, 6.07) is 1.86. The van der Waals surface area contributed by atoms with Gasteiger partial charge in [0.25, 0.3) is 0 Å². The van der Waals surface area contributed by atoms with E-state index in [1.165, 1.54) is 19.3 Å². The van der Waals surface area contributed by atoms with Crippen molar-refractivity contribution >= 4 is 11.9 Å². The Labute approximate surface area is 144 Å². The average molecular weight is 331 g/mol. The molecule has 7 heteroatoms. The highest BCUT2D eigenvalue weighted by atomic mass is 15.3. The van der Waals surface area contributed by atoms with Gasteiger partial charge in [0.15, 0.2) is 5.96 Å². The number of likely N-dealkylation sites (tertiary alicyclic amines) is 1. The van der Waals surface area contributed by atoms with Crippen molar-refractivity contribution in [2.24, 2.45) is 10.7 Å². The quantitative estimate of drug-likeness (QED) is 0.488. The molecule has 2 fully saturated rings. The van der Waals surface area contributed by atoms with Crippen LogP contribution < -0.4 is 10.6 Å². The molecule has 0 bridgehead atoms. The summed E-state index contributed by atoms with van der Waals surface area (Å²) >= 11 is 0. The van der Waals surface area contributed by atoms with Crippen molar-refractivity contribution in [3.63, 3.8) is 0 Å². The Hall–Kier alpha value is -1.89. The third-order valence-electron chi connectivity index (χ3n) is 4.79. The minimum Gasteiger partial charge on any atom is -0.370 e. The van der Waals surface area contributed by atoms with Crippen LogP contribution in [-0.2, 0) is 0 Å². The molecule has 0 amide bonds. The van der Waals surface area contributed by atoms with Crippen LogP contribution in [0.15, 0.2) is 23.5 Å². The highest BCUT2D eigenvalue weighted by Crippen LogP contribution is 2.10. The summed E-state index contributed by atoms with van der Waals surface area (Å²) in [5, 5.41) is 0. The normalized spacial score (nSPS) is 20.4. The van der Waals surface area contributed by atoms with Gasteiger partial charge in [-0.15, -0.1) is 0 Å². The van der Waals surface area contributed by atoms with Crippen LogP contribution in [0.2, 0.25) is 0 Å².